The standard InChI is InChI=1S/C23H29N3O3S/c1-17-12-21(8-9-22(17)30(2,28)29)24-23(27)26-15-19-10-11-25(14-20(19)16-26)13-18-6-4-3-5-7-18/h3-9,12,19-20H,10-11,13-16H2,1-2H3,(H,24,27). The molecule has 30 heavy (non-hydrogen) atoms. The van der Waals surface area contributed by atoms with E-state index in [1.165, 1.54) is 11.8 Å². The maximum atomic E-state index is 12.8. The summed E-state index contributed by atoms with van der Waals surface area (Å²) in [5.74, 6) is 1.06. The molecule has 2 heterocycles. The molecule has 0 saturated carbocycles. The predicted molar refractivity (Wildman–Crippen MR) is 118 cm³/mol. The molecule has 0 aromatic heterocycles. The number of benzene rings is 2. The summed E-state index contributed by atoms with van der Waals surface area (Å²) in [4.78, 5) is 17.5. The van der Waals surface area contributed by atoms with Gasteiger partial charge in [0.15, 0.2) is 9.84 Å². The fraction of sp³-hybridized carbons (Fsp3) is 0.435. The van der Waals surface area contributed by atoms with Gasteiger partial charge < -0.3 is 10.2 Å². The Hall–Kier alpha value is -2.38. The third-order valence-corrected chi connectivity index (χ3v) is 7.50. The third-order valence-electron chi connectivity index (χ3n) is 6.25. The molecule has 2 fully saturated rings. The number of aryl methyl sites for hydroxylation is 1. The number of likely N-dealkylation sites (tertiary alicyclic amines) is 2. The van der Waals surface area contributed by atoms with Gasteiger partial charge in [-0.25, -0.2) is 13.2 Å². The predicted octanol–water partition coefficient (Wildman–Crippen LogP) is 3.38. The Morgan fingerprint density at radius 2 is 1.80 bits per heavy atom. The van der Waals surface area contributed by atoms with E-state index in [0.717, 1.165) is 39.1 Å². The van der Waals surface area contributed by atoms with Crippen LogP contribution in [0.5, 0.6) is 0 Å². The number of rotatable bonds is 4. The van der Waals surface area contributed by atoms with Crippen molar-refractivity contribution < 1.29 is 13.2 Å². The van der Waals surface area contributed by atoms with Gasteiger partial charge >= 0.3 is 6.03 Å². The summed E-state index contributed by atoms with van der Waals surface area (Å²) in [6, 6.07) is 15.4. The van der Waals surface area contributed by atoms with Gasteiger partial charge in [-0.15, -0.1) is 0 Å². The molecule has 2 aliphatic rings. The number of carbonyl (C=O) groups excluding carboxylic acids is 1. The molecule has 2 atom stereocenters. The van der Waals surface area contributed by atoms with Crippen LogP contribution in [0, 0.1) is 18.8 Å². The van der Waals surface area contributed by atoms with Crippen molar-refractivity contribution in [2.45, 2.75) is 24.8 Å². The highest BCUT2D eigenvalue weighted by Crippen LogP contribution is 2.32. The zero-order valence-electron chi connectivity index (χ0n) is 17.5. The summed E-state index contributed by atoms with van der Waals surface area (Å²) in [6.07, 6.45) is 2.31. The van der Waals surface area contributed by atoms with Gasteiger partial charge in [-0.05, 0) is 61.1 Å². The van der Waals surface area contributed by atoms with E-state index >= 15 is 0 Å². The van der Waals surface area contributed by atoms with Gasteiger partial charge in [-0.2, -0.15) is 0 Å². The van der Waals surface area contributed by atoms with Gasteiger partial charge in [0.25, 0.3) is 0 Å². The molecule has 2 aromatic rings. The van der Waals surface area contributed by atoms with Crippen LogP contribution in [0.1, 0.15) is 17.5 Å². The average Bonchev–Trinajstić information content (AvgIpc) is 3.11. The van der Waals surface area contributed by atoms with E-state index in [1.807, 2.05) is 11.0 Å². The van der Waals surface area contributed by atoms with Crippen molar-refractivity contribution in [3.8, 4) is 0 Å². The van der Waals surface area contributed by atoms with Crippen molar-refractivity contribution in [2.24, 2.45) is 11.8 Å². The number of nitrogens with one attached hydrogen (secondary N) is 1. The Balaban J connectivity index is 1.35. The first-order chi connectivity index (χ1) is 14.3. The minimum Gasteiger partial charge on any atom is -0.324 e. The summed E-state index contributed by atoms with van der Waals surface area (Å²) in [7, 11) is -3.26. The van der Waals surface area contributed by atoms with E-state index in [2.05, 4.69) is 34.5 Å². The normalized spacial score (nSPS) is 22.0. The average molecular weight is 428 g/mol. The molecule has 0 spiro atoms. The molecule has 2 aromatic carbocycles. The van der Waals surface area contributed by atoms with Gasteiger partial charge in [0.05, 0.1) is 4.90 Å². The number of carbonyl (C=O) groups is 1. The molecular weight excluding hydrogens is 398 g/mol. The van der Waals surface area contributed by atoms with Crippen molar-refractivity contribution in [1.29, 1.82) is 0 Å². The largest absolute Gasteiger partial charge is 0.324 e. The Morgan fingerprint density at radius 1 is 1.07 bits per heavy atom. The molecule has 2 unspecified atom stereocenters. The number of amides is 2. The number of fused-ring (bicyclic) bond motifs is 1. The molecule has 160 valence electrons. The fourth-order valence-electron chi connectivity index (χ4n) is 4.74. The first-order valence-electron chi connectivity index (χ1n) is 10.4. The third kappa shape index (κ3) is 4.68. The number of sulfone groups is 1. The summed E-state index contributed by atoms with van der Waals surface area (Å²) < 4.78 is 23.6. The molecule has 0 bridgehead atoms. The van der Waals surface area contributed by atoms with Gasteiger partial charge in [0, 0.05) is 38.1 Å². The highest BCUT2D eigenvalue weighted by molar-refractivity contribution is 7.90. The zero-order chi connectivity index (χ0) is 21.3. The van der Waals surface area contributed by atoms with Crippen molar-refractivity contribution in [3.63, 3.8) is 0 Å². The van der Waals surface area contributed by atoms with Crippen molar-refractivity contribution in [1.82, 2.24) is 9.80 Å². The number of anilines is 1. The van der Waals surface area contributed by atoms with E-state index in [1.54, 1.807) is 25.1 Å². The monoisotopic (exact) mass is 427 g/mol. The number of hydrogen-bond acceptors (Lipinski definition) is 4. The fourth-order valence-corrected chi connectivity index (χ4v) is 5.70. The second-order valence-electron chi connectivity index (χ2n) is 8.62. The highest BCUT2D eigenvalue weighted by atomic mass is 32.2. The Bertz CT molecular complexity index is 1020. The molecule has 1 N–H and O–H groups in total. The number of hydrogen-bond donors (Lipinski definition) is 1. The first-order valence-corrected chi connectivity index (χ1v) is 12.3. The molecule has 7 heteroatoms. The van der Waals surface area contributed by atoms with Crippen molar-refractivity contribution >= 4 is 21.6 Å². The van der Waals surface area contributed by atoms with Gasteiger partial charge in [-0.3, -0.25) is 4.90 Å². The van der Waals surface area contributed by atoms with E-state index in [9.17, 15) is 13.2 Å². The van der Waals surface area contributed by atoms with Crippen molar-refractivity contribution in [2.75, 3.05) is 37.8 Å². The Labute approximate surface area is 178 Å². The number of nitrogens with zero attached hydrogens (tertiary/aromatic N) is 2. The molecule has 0 radical (unpaired) electrons. The Morgan fingerprint density at radius 3 is 2.50 bits per heavy atom. The van der Waals surface area contributed by atoms with Crippen LogP contribution in [-0.4, -0.2) is 56.7 Å². The summed E-state index contributed by atoms with van der Waals surface area (Å²) >= 11 is 0. The van der Waals surface area contributed by atoms with Crippen LogP contribution in [0.25, 0.3) is 0 Å². The maximum Gasteiger partial charge on any atom is 0.321 e. The van der Waals surface area contributed by atoms with Crippen LogP contribution in [-0.2, 0) is 16.4 Å². The second kappa shape index (κ2) is 8.40. The lowest BCUT2D eigenvalue weighted by Crippen LogP contribution is -2.39. The Kier molecular flexibility index (Phi) is 5.84. The van der Waals surface area contributed by atoms with Crippen LogP contribution in [0.4, 0.5) is 10.5 Å². The summed E-state index contributed by atoms with van der Waals surface area (Å²) in [5.41, 5.74) is 2.60. The maximum absolute atomic E-state index is 12.8. The molecular formula is C23H29N3O3S. The lowest BCUT2D eigenvalue weighted by atomic mass is 9.88. The van der Waals surface area contributed by atoms with Gasteiger partial charge in [0.1, 0.15) is 0 Å². The number of piperidine rings is 1. The van der Waals surface area contributed by atoms with Crippen LogP contribution in [0.15, 0.2) is 53.4 Å². The van der Waals surface area contributed by atoms with Gasteiger partial charge in [0.2, 0.25) is 0 Å². The molecule has 6 nitrogen and oxygen atoms in total. The molecule has 2 amide bonds. The van der Waals surface area contributed by atoms with Crippen LogP contribution >= 0.6 is 0 Å². The smallest absolute Gasteiger partial charge is 0.321 e. The summed E-state index contributed by atoms with van der Waals surface area (Å²) in [6.45, 7) is 6.35. The molecule has 0 aliphatic carbocycles. The second-order valence-corrected chi connectivity index (χ2v) is 10.6. The van der Waals surface area contributed by atoms with Crippen LogP contribution in [0.3, 0.4) is 0 Å². The molecule has 4 rings (SSSR count). The minimum absolute atomic E-state index is 0.106. The van der Waals surface area contributed by atoms with E-state index in [0.29, 0.717) is 28.0 Å². The zero-order valence-corrected chi connectivity index (χ0v) is 18.4. The molecule has 2 aliphatic heterocycles. The van der Waals surface area contributed by atoms with Crippen molar-refractivity contribution in [3.05, 3.63) is 59.7 Å². The van der Waals surface area contributed by atoms with E-state index in [-0.39, 0.29) is 6.03 Å². The van der Waals surface area contributed by atoms with E-state index in [4.69, 9.17) is 0 Å². The van der Waals surface area contributed by atoms with Crippen LogP contribution < -0.4 is 5.32 Å². The highest BCUT2D eigenvalue weighted by Gasteiger charge is 2.38. The lowest BCUT2D eigenvalue weighted by molar-refractivity contribution is 0.142. The van der Waals surface area contributed by atoms with Crippen LogP contribution in [0.2, 0.25) is 0 Å². The number of urea groups is 1. The topological polar surface area (TPSA) is 69.7 Å². The SMILES string of the molecule is Cc1cc(NC(=O)N2CC3CCN(Cc4ccccc4)CC3C2)ccc1S(C)(=O)=O. The minimum atomic E-state index is -3.26. The van der Waals surface area contributed by atoms with Gasteiger partial charge in [-0.1, -0.05) is 30.3 Å². The molecule has 2 saturated heterocycles. The quantitative estimate of drug-likeness (QED) is 0.812. The lowest BCUT2D eigenvalue weighted by Gasteiger charge is -2.34. The van der Waals surface area contributed by atoms with E-state index < -0.39 is 9.84 Å². The first kappa shape index (κ1) is 20.9. The summed E-state index contributed by atoms with van der Waals surface area (Å²) in [5, 5.41) is 2.94.